The second-order valence-electron chi connectivity index (χ2n) is 9.49. The molecule has 3 aromatic rings. The van der Waals surface area contributed by atoms with Crippen LogP contribution in [0, 0.1) is 11.8 Å². The van der Waals surface area contributed by atoms with Crippen LogP contribution in [0.25, 0.3) is 10.9 Å². The lowest BCUT2D eigenvalue weighted by Crippen LogP contribution is -2.43. The Bertz CT molecular complexity index is 1180. The summed E-state index contributed by atoms with van der Waals surface area (Å²) in [5.41, 5.74) is 0.697. The average Bonchev–Trinajstić information content (AvgIpc) is 2.91. The topological polar surface area (TPSA) is 45.6 Å². The summed E-state index contributed by atoms with van der Waals surface area (Å²) in [7, 11) is 1.58. The van der Waals surface area contributed by atoms with Gasteiger partial charge in [-0.2, -0.15) is 13.2 Å². The summed E-state index contributed by atoms with van der Waals surface area (Å²) in [6, 6.07) is 12.6. The molecule has 37 heavy (non-hydrogen) atoms. The van der Waals surface area contributed by atoms with Gasteiger partial charge in [0.05, 0.1) is 18.2 Å². The third kappa shape index (κ3) is 7.15. The van der Waals surface area contributed by atoms with Gasteiger partial charge in [-0.25, -0.2) is 4.39 Å². The van der Waals surface area contributed by atoms with E-state index in [1.807, 2.05) is 18.2 Å². The number of hydrogen-bond donors (Lipinski definition) is 1. The highest BCUT2D eigenvalue weighted by atomic mass is 32.2. The van der Waals surface area contributed by atoms with E-state index >= 15 is 4.39 Å². The number of nitrogens with zero attached hydrogens (tertiary/aromatic N) is 2. The van der Waals surface area contributed by atoms with E-state index in [4.69, 9.17) is 4.74 Å². The van der Waals surface area contributed by atoms with Gasteiger partial charge in [0, 0.05) is 41.9 Å². The molecule has 2 heterocycles. The van der Waals surface area contributed by atoms with Crippen molar-refractivity contribution in [1.82, 2.24) is 9.88 Å². The van der Waals surface area contributed by atoms with Gasteiger partial charge in [0.25, 0.3) is 0 Å². The molecule has 4 nitrogen and oxygen atoms in total. The monoisotopic (exact) mass is 536 g/mol. The minimum Gasteiger partial charge on any atom is -0.497 e. The number of benzene rings is 2. The maximum atomic E-state index is 15.4. The summed E-state index contributed by atoms with van der Waals surface area (Å²) in [6.45, 7) is 2.29. The van der Waals surface area contributed by atoms with Crippen LogP contribution in [-0.2, 0) is 6.18 Å². The maximum absolute atomic E-state index is 15.4. The number of thioether (sulfide) groups is 1. The highest BCUT2D eigenvalue weighted by Gasteiger charge is 2.31. The van der Waals surface area contributed by atoms with Crippen molar-refractivity contribution >= 4 is 22.7 Å². The minimum atomic E-state index is -4.34. The SMILES string of the molecule is COc1ccc2nccc([C@H](F)CC[C@@H]3CCN(CCSc4cccc(C(F)(F)F)c4)C[C@@H]3CO)c2c1. The summed E-state index contributed by atoms with van der Waals surface area (Å²) >= 11 is 1.40. The number of aliphatic hydroxyl groups is 1. The highest BCUT2D eigenvalue weighted by Crippen LogP contribution is 2.36. The molecule has 1 fully saturated rings. The van der Waals surface area contributed by atoms with Crippen LogP contribution >= 0.6 is 11.8 Å². The lowest BCUT2D eigenvalue weighted by Gasteiger charge is -2.38. The zero-order valence-corrected chi connectivity index (χ0v) is 21.6. The van der Waals surface area contributed by atoms with Gasteiger partial charge in [0.15, 0.2) is 0 Å². The van der Waals surface area contributed by atoms with Gasteiger partial charge in [0.2, 0.25) is 0 Å². The highest BCUT2D eigenvalue weighted by molar-refractivity contribution is 7.99. The summed E-state index contributed by atoms with van der Waals surface area (Å²) < 4.78 is 59.5. The molecule has 2 aromatic carbocycles. The molecule has 1 saturated heterocycles. The van der Waals surface area contributed by atoms with E-state index in [0.717, 1.165) is 36.5 Å². The molecular formula is C28H32F4N2O2S. The predicted octanol–water partition coefficient (Wildman–Crippen LogP) is 6.78. The van der Waals surface area contributed by atoms with Crippen molar-refractivity contribution in [2.45, 2.75) is 36.5 Å². The third-order valence-corrected chi connectivity index (χ3v) is 8.13. The van der Waals surface area contributed by atoms with Crippen molar-refractivity contribution in [3.8, 4) is 5.75 Å². The van der Waals surface area contributed by atoms with E-state index in [9.17, 15) is 18.3 Å². The van der Waals surface area contributed by atoms with Crippen molar-refractivity contribution in [2.75, 3.05) is 39.1 Å². The van der Waals surface area contributed by atoms with Crippen molar-refractivity contribution < 1.29 is 27.4 Å². The number of likely N-dealkylation sites (tertiary alicyclic amines) is 1. The van der Waals surface area contributed by atoms with Crippen LogP contribution in [0.15, 0.2) is 59.6 Å². The Morgan fingerprint density at radius 1 is 1.16 bits per heavy atom. The number of alkyl halides is 4. The number of aromatic nitrogens is 1. The first-order chi connectivity index (χ1) is 17.8. The van der Waals surface area contributed by atoms with Crippen LogP contribution in [0.1, 0.15) is 36.6 Å². The molecule has 0 amide bonds. The van der Waals surface area contributed by atoms with E-state index in [1.165, 1.54) is 23.9 Å². The molecule has 1 aliphatic heterocycles. The Morgan fingerprint density at radius 2 is 2.00 bits per heavy atom. The quantitative estimate of drug-likeness (QED) is 0.229. The number of pyridine rings is 1. The molecule has 0 spiro atoms. The molecule has 1 aliphatic rings. The number of ether oxygens (including phenoxy) is 1. The number of rotatable bonds is 10. The van der Waals surface area contributed by atoms with E-state index < -0.39 is 17.9 Å². The van der Waals surface area contributed by atoms with E-state index in [1.54, 1.807) is 25.4 Å². The second kappa shape index (κ2) is 12.5. The Hall–Kier alpha value is -2.36. The zero-order valence-electron chi connectivity index (χ0n) is 20.8. The first-order valence-corrected chi connectivity index (χ1v) is 13.5. The Morgan fingerprint density at radius 3 is 2.76 bits per heavy atom. The van der Waals surface area contributed by atoms with Crippen molar-refractivity contribution in [3.05, 3.63) is 65.9 Å². The molecule has 200 valence electrons. The molecule has 0 aliphatic carbocycles. The van der Waals surface area contributed by atoms with Gasteiger partial charge in [0.1, 0.15) is 11.9 Å². The molecule has 1 aromatic heterocycles. The summed E-state index contributed by atoms with van der Waals surface area (Å²) in [4.78, 5) is 7.17. The summed E-state index contributed by atoms with van der Waals surface area (Å²) in [5.74, 6) is 1.59. The van der Waals surface area contributed by atoms with Gasteiger partial charge in [-0.05, 0) is 85.7 Å². The minimum absolute atomic E-state index is 0.0360. The molecule has 1 N–H and O–H groups in total. The molecule has 0 unspecified atom stereocenters. The number of piperidine rings is 1. The molecule has 9 heteroatoms. The predicted molar refractivity (Wildman–Crippen MR) is 139 cm³/mol. The Kier molecular flexibility index (Phi) is 9.31. The summed E-state index contributed by atoms with van der Waals surface area (Å²) in [6.07, 6.45) is -1.96. The van der Waals surface area contributed by atoms with Crippen molar-refractivity contribution in [2.24, 2.45) is 11.8 Å². The largest absolute Gasteiger partial charge is 0.497 e. The molecule has 0 bridgehead atoms. The molecular weight excluding hydrogens is 504 g/mol. The number of hydrogen-bond acceptors (Lipinski definition) is 5. The molecule has 4 rings (SSSR count). The van der Waals surface area contributed by atoms with Crippen molar-refractivity contribution in [1.29, 1.82) is 0 Å². The standard InChI is InChI=1S/C28H32F4N2O2S/c1-36-22-6-8-27-25(16-22)24(9-11-33-27)26(29)7-5-19-10-12-34(17-20(19)18-35)13-14-37-23-4-2-3-21(15-23)28(30,31)32/h2-4,6,8-9,11,15-16,19-20,26,35H,5,7,10,12-14,17-18H2,1H3/t19-,20-,26-/m1/s1. The number of halogens is 4. The van der Waals surface area contributed by atoms with Gasteiger partial charge in [-0.3, -0.25) is 4.98 Å². The first kappa shape index (κ1) is 27.7. The van der Waals surface area contributed by atoms with Crippen LogP contribution < -0.4 is 4.74 Å². The van der Waals surface area contributed by atoms with Crippen LogP contribution in [0.5, 0.6) is 5.75 Å². The Balaban J connectivity index is 1.28. The molecule has 0 radical (unpaired) electrons. The lowest BCUT2D eigenvalue weighted by molar-refractivity contribution is -0.137. The second-order valence-corrected chi connectivity index (χ2v) is 10.7. The smallest absolute Gasteiger partial charge is 0.416 e. The maximum Gasteiger partial charge on any atom is 0.416 e. The number of fused-ring (bicyclic) bond motifs is 1. The fraction of sp³-hybridized carbons (Fsp3) is 0.464. The lowest BCUT2D eigenvalue weighted by atomic mass is 9.81. The fourth-order valence-corrected chi connectivity index (χ4v) is 6.03. The van der Waals surface area contributed by atoms with Crippen LogP contribution in [0.4, 0.5) is 17.6 Å². The number of aliphatic hydroxyl groups excluding tert-OH is 1. The van der Waals surface area contributed by atoms with Crippen LogP contribution in [-0.4, -0.2) is 54.1 Å². The average molecular weight is 537 g/mol. The van der Waals surface area contributed by atoms with Crippen molar-refractivity contribution in [3.63, 3.8) is 0 Å². The van der Waals surface area contributed by atoms with E-state index in [-0.39, 0.29) is 18.4 Å². The van der Waals surface area contributed by atoms with Crippen LogP contribution in [0.3, 0.4) is 0 Å². The molecule has 3 atom stereocenters. The van der Waals surface area contributed by atoms with Crippen LogP contribution in [0.2, 0.25) is 0 Å². The van der Waals surface area contributed by atoms with Gasteiger partial charge >= 0.3 is 6.18 Å². The first-order valence-electron chi connectivity index (χ1n) is 12.5. The van der Waals surface area contributed by atoms with Gasteiger partial charge in [-0.15, -0.1) is 11.8 Å². The zero-order chi connectivity index (χ0) is 26.4. The fourth-order valence-electron chi connectivity index (χ4n) is 5.06. The van der Waals surface area contributed by atoms with E-state index in [0.29, 0.717) is 41.3 Å². The van der Waals surface area contributed by atoms with Gasteiger partial charge in [-0.1, -0.05) is 6.07 Å². The normalized spacial score (nSPS) is 19.7. The van der Waals surface area contributed by atoms with E-state index in [2.05, 4.69) is 9.88 Å². The van der Waals surface area contributed by atoms with Gasteiger partial charge < -0.3 is 14.7 Å². The Labute approximate surface area is 219 Å². The summed E-state index contributed by atoms with van der Waals surface area (Å²) in [5, 5.41) is 10.8. The number of methoxy groups -OCH3 is 1. The molecule has 0 saturated carbocycles. The third-order valence-electron chi connectivity index (χ3n) is 7.16.